The van der Waals surface area contributed by atoms with Crippen LogP contribution in [0.1, 0.15) is 6.42 Å². The Bertz CT molecular complexity index is 725. The average Bonchev–Trinajstić information content (AvgIpc) is 2.63. The molecule has 22 heavy (non-hydrogen) atoms. The van der Waals surface area contributed by atoms with Crippen molar-refractivity contribution in [1.82, 2.24) is 4.31 Å². The summed E-state index contributed by atoms with van der Waals surface area (Å²) in [6.45, 7) is 1.30. The second-order valence-electron chi connectivity index (χ2n) is 5.00. The van der Waals surface area contributed by atoms with Crippen molar-refractivity contribution >= 4 is 33.2 Å². The van der Waals surface area contributed by atoms with Gasteiger partial charge in [0.1, 0.15) is 6.42 Å². The quantitative estimate of drug-likeness (QED) is 0.744. The molecule has 118 valence electrons. The highest BCUT2D eigenvalue weighted by molar-refractivity contribution is 7.89. The Morgan fingerprint density at radius 1 is 1.00 bits per heavy atom. The fourth-order valence-electron chi connectivity index (χ4n) is 2.37. The van der Waals surface area contributed by atoms with E-state index >= 15 is 0 Å². The molecular formula is C13H15N3O5S. The minimum absolute atomic E-state index is 0.0737. The number of benzene rings is 1. The zero-order valence-electron chi connectivity index (χ0n) is 11.7. The molecule has 2 N–H and O–H groups in total. The Morgan fingerprint density at radius 2 is 1.64 bits per heavy atom. The number of fused-ring (bicyclic) bond motifs is 1. The molecule has 1 aromatic carbocycles. The summed E-state index contributed by atoms with van der Waals surface area (Å²) in [5.74, 6) is -0.905. The first-order valence-corrected chi connectivity index (χ1v) is 8.22. The number of morpholine rings is 1. The summed E-state index contributed by atoms with van der Waals surface area (Å²) < 4.78 is 31.6. The van der Waals surface area contributed by atoms with E-state index in [9.17, 15) is 18.0 Å². The van der Waals surface area contributed by atoms with E-state index in [4.69, 9.17) is 4.74 Å². The summed E-state index contributed by atoms with van der Waals surface area (Å²) in [7, 11) is -3.65. The number of amides is 2. The van der Waals surface area contributed by atoms with Crippen LogP contribution < -0.4 is 10.6 Å². The monoisotopic (exact) mass is 325 g/mol. The molecule has 0 saturated carbocycles. The third-order valence-electron chi connectivity index (χ3n) is 3.47. The average molecular weight is 325 g/mol. The highest BCUT2D eigenvalue weighted by Gasteiger charge is 2.28. The van der Waals surface area contributed by atoms with Crippen LogP contribution in [0.4, 0.5) is 11.4 Å². The second-order valence-corrected chi connectivity index (χ2v) is 6.93. The van der Waals surface area contributed by atoms with Crippen LogP contribution in [0.5, 0.6) is 0 Å². The van der Waals surface area contributed by atoms with Crippen molar-refractivity contribution in [2.75, 3.05) is 36.9 Å². The maximum absolute atomic E-state index is 12.6. The molecule has 2 aliphatic rings. The number of hydrogen-bond donors (Lipinski definition) is 2. The van der Waals surface area contributed by atoms with Gasteiger partial charge in [0.15, 0.2) is 0 Å². The molecule has 0 spiro atoms. The zero-order chi connectivity index (χ0) is 15.7. The van der Waals surface area contributed by atoms with Crippen LogP contribution in [0.15, 0.2) is 23.1 Å². The van der Waals surface area contributed by atoms with Crippen LogP contribution in [-0.4, -0.2) is 50.8 Å². The number of nitrogens with zero attached hydrogens (tertiary/aromatic N) is 1. The van der Waals surface area contributed by atoms with Crippen molar-refractivity contribution in [3.8, 4) is 0 Å². The van der Waals surface area contributed by atoms with Gasteiger partial charge in [0.25, 0.3) is 0 Å². The summed E-state index contributed by atoms with van der Waals surface area (Å²) in [6, 6.07) is 4.26. The fraction of sp³-hybridized carbons (Fsp3) is 0.385. The van der Waals surface area contributed by atoms with Gasteiger partial charge in [-0.05, 0) is 18.2 Å². The van der Waals surface area contributed by atoms with Gasteiger partial charge in [-0.1, -0.05) is 0 Å². The topological polar surface area (TPSA) is 105 Å². The van der Waals surface area contributed by atoms with E-state index in [1.165, 1.54) is 22.5 Å². The van der Waals surface area contributed by atoms with E-state index < -0.39 is 21.8 Å². The number of hydrogen-bond acceptors (Lipinski definition) is 5. The summed E-state index contributed by atoms with van der Waals surface area (Å²) in [5.41, 5.74) is 0.668. The van der Waals surface area contributed by atoms with E-state index in [0.717, 1.165) is 0 Å². The van der Waals surface area contributed by atoms with Crippen molar-refractivity contribution in [2.24, 2.45) is 0 Å². The normalized spacial score (nSPS) is 19.8. The van der Waals surface area contributed by atoms with Gasteiger partial charge in [0.05, 0.1) is 29.5 Å². The van der Waals surface area contributed by atoms with Crippen molar-refractivity contribution < 1.29 is 22.7 Å². The molecule has 0 unspecified atom stereocenters. The van der Waals surface area contributed by atoms with Crippen LogP contribution in [0.2, 0.25) is 0 Å². The van der Waals surface area contributed by atoms with Gasteiger partial charge >= 0.3 is 0 Å². The number of ether oxygens (including phenoxy) is 1. The molecule has 9 heteroatoms. The van der Waals surface area contributed by atoms with Gasteiger partial charge in [0.2, 0.25) is 21.8 Å². The lowest BCUT2D eigenvalue weighted by Gasteiger charge is -2.26. The molecule has 0 aromatic heterocycles. The molecular weight excluding hydrogens is 310 g/mol. The lowest BCUT2D eigenvalue weighted by Crippen LogP contribution is -2.40. The van der Waals surface area contributed by atoms with Gasteiger partial charge in [0, 0.05) is 13.1 Å². The minimum Gasteiger partial charge on any atom is -0.379 e. The lowest BCUT2D eigenvalue weighted by atomic mass is 10.2. The number of nitrogens with one attached hydrogen (secondary N) is 2. The molecule has 0 radical (unpaired) electrons. The molecule has 0 aliphatic carbocycles. The molecule has 3 rings (SSSR count). The molecule has 8 nitrogen and oxygen atoms in total. The minimum atomic E-state index is -3.65. The van der Waals surface area contributed by atoms with Gasteiger partial charge in [-0.3, -0.25) is 9.59 Å². The molecule has 1 aromatic rings. The highest BCUT2D eigenvalue weighted by Crippen LogP contribution is 2.29. The Hall–Kier alpha value is -1.97. The largest absolute Gasteiger partial charge is 0.379 e. The third-order valence-corrected chi connectivity index (χ3v) is 5.36. The first-order chi connectivity index (χ1) is 10.5. The van der Waals surface area contributed by atoms with Crippen molar-refractivity contribution in [3.05, 3.63) is 18.2 Å². The lowest BCUT2D eigenvalue weighted by molar-refractivity contribution is -0.123. The number of sulfonamides is 1. The van der Waals surface area contributed by atoms with Gasteiger partial charge in [-0.15, -0.1) is 0 Å². The van der Waals surface area contributed by atoms with Crippen LogP contribution in [0, 0.1) is 0 Å². The number of anilines is 2. The molecule has 2 amide bonds. The van der Waals surface area contributed by atoms with Gasteiger partial charge in [-0.2, -0.15) is 4.31 Å². The Morgan fingerprint density at radius 3 is 2.32 bits per heavy atom. The molecule has 2 heterocycles. The maximum Gasteiger partial charge on any atom is 0.243 e. The SMILES string of the molecule is O=C1CC(=O)Nc2cc(S(=O)(=O)N3CCOCC3)ccc2N1. The van der Waals surface area contributed by atoms with E-state index in [1.54, 1.807) is 0 Å². The summed E-state index contributed by atoms with van der Waals surface area (Å²) in [5, 5.41) is 5.10. The third kappa shape index (κ3) is 2.82. The fourth-order valence-corrected chi connectivity index (χ4v) is 3.80. The molecule has 0 atom stereocenters. The number of rotatable bonds is 2. The van der Waals surface area contributed by atoms with Crippen LogP contribution in [0.3, 0.4) is 0 Å². The molecule has 0 bridgehead atoms. The van der Waals surface area contributed by atoms with Crippen LogP contribution in [0.25, 0.3) is 0 Å². The zero-order valence-corrected chi connectivity index (χ0v) is 12.5. The highest BCUT2D eigenvalue weighted by atomic mass is 32.2. The molecule has 1 saturated heterocycles. The molecule has 2 aliphatic heterocycles. The summed E-state index contributed by atoms with van der Waals surface area (Å²) in [6.07, 6.45) is -0.291. The smallest absolute Gasteiger partial charge is 0.243 e. The number of carbonyl (C=O) groups is 2. The predicted molar refractivity (Wildman–Crippen MR) is 77.9 cm³/mol. The number of carbonyl (C=O) groups excluding carboxylic acids is 2. The summed E-state index contributed by atoms with van der Waals surface area (Å²) >= 11 is 0. The van der Waals surface area contributed by atoms with Crippen molar-refractivity contribution in [2.45, 2.75) is 11.3 Å². The first kappa shape index (κ1) is 14.9. The van der Waals surface area contributed by atoms with E-state index in [2.05, 4.69) is 10.6 Å². The maximum atomic E-state index is 12.6. The van der Waals surface area contributed by atoms with E-state index in [-0.39, 0.29) is 17.0 Å². The Kier molecular flexibility index (Phi) is 3.85. The Labute approximate surface area is 127 Å². The standard InChI is InChI=1S/C13H15N3O5S/c17-12-8-13(18)15-11-7-9(1-2-10(11)14-12)22(19,20)16-3-5-21-6-4-16/h1-2,7H,3-6,8H2,(H,14,17)(H,15,18). The predicted octanol–water partition coefficient (Wildman–Crippen LogP) is -0.0118. The van der Waals surface area contributed by atoms with Gasteiger partial charge < -0.3 is 15.4 Å². The van der Waals surface area contributed by atoms with Crippen molar-refractivity contribution in [1.29, 1.82) is 0 Å². The second kappa shape index (κ2) is 5.67. The van der Waals surface area contributed by atoms with Crippen molar-refractivity contribution in [3.63, 3.8) is 0 Å². The summed E-state index contributed by atoms with van der Waals surface area (Å²) in [4.78, 5) is 23.1. The van der Waals surface area contributed by atoms with Crippen LogP contribution >= 0.6 is 0 Å². The Balaban J connectivity index is 1.96. The van der Waals surface area contributed by atoms with Gasteiger partial charge in [-0.25, -0.2) is 8.42 Å². The van der Waals surface area contributed by atoms with E-state index in [1.807, 2.05) is 0 Å². The van der Waals surface area contributed by atoms with Crippen LogP contribution in [-0.2, 0) is 24.3 Å². The van der Waals surface area contributed by atoms with E-state index in [0.29, 0.717) is 32.0 Å². The molecule has 1 fully saturated rings. The first-order valence-electron chi connectivity index (χ1n) is 6.78.